The second kappa shape index (κ2) is 4.29. The van der Waals surface area contributed by atoms with Crippen molar-refractivity contribution in [2.75, 3.05) is 5.73 Å². The molecule has 0 unspecified atom stereocenters. The number of nitrogens with two attached hydrogens (primary N) is 1. The second-order valence-corrected chi connectivity index (χ2v) is 3.79. The third-order valence-corrected chi connectivity index (χ3v) is 2.58. The van der Waals surface area contributed by atoms with Crippen LogP contribution >= 0.6 is 0 Å². The SMILES string of the molecule is Nc1cc(-c2ccc(-c3ccncn3)cc2)on1. The van der Waals surface area contributed by atoms with E-state index in [4.69, 9.17) is 10.3 Å². The van der Waals surface area contributed by atoms with Crippen LogP contribution in [0.25, 0.3) is 22.6 Å². The molecule has 0 spiro atoms. The Morgan fingerprint density at radius 3 is 2.39 bits per heavy atom. The number of nitrogen functional groups attached to an aromatic ring is 1. The minimum Gasteiger partial charge on any atom is -0.381 e. The van der Waals surface area contributed by atoms with Crippen molar-refractivity contribution in [2.24, 2.45) is 0 Å². The van der Waals surface area contributed by atoms with Gasteiger partial charge in [-0.25, -0.2) is 9.97 Å². The van der Waals surface area contributed by atoms with Gasteiger partial charge in [-0.2, -0.15) is 0 Å². The minimum absolute atomic E-state index is 0.380. The predicted molar refractivity (Wildman–Crippen MR) is 67.4 cm³/mol. The Balaban J connectivity index is 1.94. The lowest BCUT2D eigenvalue weighted by Gasteiger charge is -2.00. The van der Waals surface area contributed by atoms with Crippen molar-refractivity contribution in [3.05, 3.63) is 48.9 Å². The molecule has 0 fully saturated rings. The Hall–Kier alpha value is -2.69. The predicted octanol–water partition coefficient (Wildman–Crippen LogP) is 2.38. The zero-order valence-corrected chi connectivity index (χ0v) is 9.45. The Morgan fingerprint density at radius 2 is 1.78 bits per heavy atom. The summed E-state index contributed by atoms with van der Waals surface area (Å²) < 4.78 is 5.10. The van der Waals surface area contributed by atoms with E-state index >= 15 is 0 Å². The van der Waals surface area contributed by atoms with Crippen LogP contribution in [0.3, 0.4) is 0 Å². The maximum absolute atomic E-state index is 5.52. The fraction of sp³-hybridized carbons (Fsp3) is 0. The van der Waals surface area contributed by atoms with Gasteiger partial charge in [-0.3, -0.25) is 0 Å². The fourth-order valence-corrected chi connectivity index (χ4v) is 1.69. The van der Waals surface area contributed by atoms with Crippen LogP contribution in [0.5, 0.6) is 0 Å². The van der Waals surface area contributed by atoms with Crippen molar-refractivity contribution in [1.29, 1.82) is 0 Å². The average molecular weight is 238 g/mol. The summed E-state index contributed by atoms with van der Waals surface area (Å²) in [6.45, 7) is 0. The lowest BCUT2D eigenvalue weighted by atomic mass is 10.1. The Kier molecular flexibility index (Phi) is 2.49. The van der Waals surface area contributed by atoms with E-state index in [1.54, 1.807) is 12.3 Å². The molecule has 0 radical (unpaired) electrons. The Morgan fingerprint density at radius 1 is 1.00 bits per heavy atom. The van der Waals surface area contributed by atoms with Gasteiger partial charge in [0, 0.05) is 23.4 Å². The molecule has 1 aromatic carbocycles. The zero-order valence-electron chi connectivity index (χ0n) is 9.45. The maximum atomic E-state index is 5.52. The van der Waals surface area contributed by atoms with Crippen LogP contribution in [0.2, 0.25) is 0 Å². The van der Waals surface area contributed by atoms with Gasteiger partial charge in [0.15, 0.2) is 11.6 Å². The highest BCUT2D eigenvalue weighted by molar-refractivity contribution is 5.66. The summed E-state index contributed by atoms with van der Waals surface area (Å²) in [6.07, 6.45) is 3.24. The van der Waals surface area contributed by atoms with Gasteiger partial charge in [-0.15, -0.1) is 0 Å². The van der Waals surface area contributed by atoms with Crippen LogP contribution in [0.4, 0.5) is 5.82 Å². The summed E-state index contributed by atoms with van der Waals surface area (Å²) in [5.74, 6) is 1.03. The third kappa shape index (κ3) is 1.93. The zero-order chi connectivity index (χ0) is 12.4. The van der Waals surface area contributed by atoms with Crippen molar-refractivity contribution in [3.63, 3.8) is 0 Å². The second-order valence-electron chi connectivity index (χ2n) is 3.79. The van der Waals surface area contributed by atoms with E-state index in [1.807, 2.05) is 30.3 Å². The Bertz CT molecular complexity index is 646. The molecule has 5 nitrogen and oxygen atoms in total. The number of anilines is 1. The first kappa shape index (κ1) is 10.5. The minimum atomic E-state index is 0.380. The maximum Gasteiger partial charge on any atom is 0.169 e. The number of rotatable bonds is 2. The molecule has 0 saturated heterocycles. The largest absolute Gasteiger partial charge is 0.381 e. The molecule has 88 valence electrons. The summed E-state index contributed by atoms with van der Waals surface area (Å²) in [4.78, 5) is 8.08. The summed E-state index contributed by atoms with van der Waals surface area (Å²) >= 11 is 0. The first-order chi connectivity index (χ1) is 8.83. The number of aromatic nitrogens is 3. The number of hydrogen-bond donors (Lipinski definition) is 1. The summed E-state index contributed by atoms with van der Waals surface area (Å²) in [5.41, 5.74) is 8.35. The molecule has 0 amide bonds. The van der Waals surface area contributed by atoms with E-state index in [1.165, 1.54) is 6.33 Å². The van der Waals surface area contributed by atoms with Gasteiger partial charge < -0.3 is 10.3 Å². The van der Waals surface area contributed by atoms with Gasteiger partial charge in [0.2, 0.25) is 0 Å². The molecule has 2 N–H and O–H groups in total. The van der Waals surface area contributed by atoms with Crippen molar-refractivity contribution >= 4 is 5.82 Å². The quantitative estimate of drug-likeness (QED) is 0.741. The number of benzene rings is 1. The van der Waals surface area contributed by atoms with Crippen molar-refractivity contribution in [2.45, 2.75) is 0 Å². The molecule has 0 bridgehead atoms. The molecule has 2 heterocycles. The topological polar surface area (TPSA) is 77.8 Å². The summed E-state index contributed by atoms with van der Waals surface area (Å²) in [7, 11) is 0. The molecule has 3 aromatic rings. The molecule has 2 aromatic heterocycles. The van der Waals surface area contributed by atoms with Gasteiger partial charge in [0.25, 0.3) is 0 Å². The molecular formula is C13H10N4O. The molecule has 18 heavy (non-hydrogen) atoms. The van der Waals surface area contributed by atoms with Crippen LogP contribution in [-0.2, 0) is 0 Å². The molecule has 3 rings (SSSR count). The highest BCUT2D eigenvalue weighted by Gasteiger charge is 2.05. The average Bonchev–Trinajstić information content (AvgIpc) is 2.87. The van der Waals surface area contributed by atoms with E-state index in [0.29, 0.717) is 11.6 Å². The monoisotopic (exact) mass is 238 g/mol. The molecule has 5 heteroatoms. The molecule has 0 aliphatic carbocycles. The smallest absolute Gasteiger partial charge is 0.169 e. The van der Waals surface area contributed by atoms with Gasteiger partial charge in [-0.05, 0) is 6.07 Å². The van der Waals surface area contributed by atoms with E-state index in [2.05, 4.69) is 15.1 Å². The first-order valence-corrected chi connectivity index (χ1v) is 5.42. The number of hydrogen-bond acceptors (Lipinski definition) is 5. The van der Waals surface area contributed by atoms with Crippen LogP contribution in [0, 0.1) is 0 Å². The molecular weight excluding hydrogens is 228 g/mol. The molecule has 0 aliphatic rings. The lowest BCUT2D eigenvalue weighted by Crippen LogP contribution is -1.84. The molecule has 0 saturated carbocycles. The highest BCUT2D eigenvalue weighted by atomic mass is 16.5. The Labute approximate surface area is 103 Å². The fourth-order valence-electron chi connectivity index (χ4n) is 1.69. The van der Waals surface area contributed by atoms with Gasteiger partial charge in [-0.1, -0.05) is 29.4 Å². The van der Waals surface area contributed by atoms with Crippen molar-refractivity contribution < 1.29 is 4.52 Å². The van der Waals surface area contributed by atoms with E-state index in [0.717, 1.165) is 16.8 Å². The third-order valence-electron chi connectivity index (χ3n) is 2.58. The van der Waals surface area contributed by atoms with Gasteiger partial charge in [0.05, 0.1) is 5.69 Å². The molecule has 0 aliphatic heterocycles. The van der Waals surface area contributed by atoms with E-state index in [9.17, 15) is 0 Å². The number of nitrogens with zero attached hydrogens (tertiary/aromatic N) is 3. The summed E-state index contributed by atoms with van der Waals surface area (Å²) in [6, 6.07) is 11.4. The van der Waals surface area contributed by atoms with Crippen molar-refractivity contribution in [3.8, 4) is 22.6 Å². The highest BCUT2D eigenvalue weighted by Crippen LogP contribution is 2.24. The van der Waals surface area contributed by atoms with Gasteiger partial charge in [0.1, 0.15) is 6.33 Å². The standard InChI is InChI=1S/C13H10N4O/c14-13-7-12(18-17-13)10-3-1-9(2-4-10)11-5-6-15-8-16-11/h1-8H,(H2,14,17). The molecule has 0 atom stereocenters. The van der Waals surface area contributed by atoms with Crippen molar-refractivity contribution in [1.82, 2.24) is 15.1 Å². The summed E-state index contributed by atoms with van der Waals surface area (Å²) in [5, 5.41) is 3.66. The van der Waals surface area contributed by atoms with Crippen LogP contribution in [0.15, 0.2) is 53.4 Å². The lowest BCUT2D eigenvalue weighted by molar-refractivity contribution is 0.436. The van der Waals surface area contributed by atoms with Gasteiger partial charge >= 0.3 is 0 Å². The van der Waals surface area contributed by atoms with Crippen LogP contribution in [0.1, 0.15) is 0 Å². The van der Waals surface area contributed by atoms with Crippen LogP contribution < -0.4 is 5.73 Å². The first-order valence-electron chi connectivity index (χ1n) is 5.42. The normalized spacial score (nSPS) is 10.4. The van der Waals surface area contributed by atoms with Crippen LogP contribution in [-0.4, -0.2) is 15.1 Å². The van der Waals surface area contributed by atoms with E-state index < -0.39 is 0 Å². The van der Waals surface area contributed by atoms with E-state index in [-0.39, 0.29) is 0 Å².